The first-order valence-electron chi connectivity index (χ1n) is 19.7. The lowest BCUT2D eigenvalue weighted by Gasteiger charge is -1.94. The van der Waals surface area contributed by atoms with Crippen molar-refractivity contribution in [1.29, 1.82) is 0 Å². The molecule has 0 saturated heterocycles. The molecule has 11 heteroatoms. The Morgan fingerprint density at radius 3 is 1.55 bits per heavy atom. The topological polar surface area (TPSA) is 104 Å². The number of hydrogen-bond acceptors (Lipinski definition) is 8. The van der Waals surface area contributed by atoms with Crippen molar-refractivity contribution in [2.45, 2.75) is 77.9 Å². The maximum absolute atomic E-state index is 11.3. The summed E-state index contributed by atoms with van der Waals surface area (Å²) in [6, 6.07) is 48.5. The minimum Gasteiger partial charge on any atom is -0.309 e. The molecule has 0 saturated carbocycles. The van der Waals surface area contributed by atoms with E-state index in [0.717, 1.165) is 30.8 Å². The first-order valence-corrected chi connectivity index (χ1v) is 24.6. The molecule has 0 fully saturated rings. The molecule has 5 heterocycles. The van der Waals surface area contributed by atoms with Gasteiger partial charge in [-0.2, -0.15) is 0 Å². The molecule has 5 aliphatic heterocycles. The summed E-state index contributed by atoms with van der Waals surface area (Å²) in [4.78, 5) is 3.80. The van der Waals surface area contributed by atoms with Crippen LogP contribution in [-0.4, -0.2) is 28.3 Å². The van der Waals surface area contributed by atoms with Crippen LogP contribution in [-0.2, 0) is 71.7 Å². The SMILES string of the molecule is O=S1(=O)CCc2ccccc21.O=S1(=O)NCc2ccccc21.c1ccc2c(c1)CCC2.c1ccc2c(c1)CCS2.c1ccc2c(c1)CNC2.c1ccc2c(c1)CNS2. The van der Waals surface area contributed by atoms with Crippen LogP contribution in [0.1, 0.15) is 50.9 Å². The Morgan fingerprint density at radius 1 is 0.431 bits per heavy atom. The predicted molar refractivity (Wildman–Crippen MR) is 238 cm³/mol. The Labute approximate surface area is 352 Å². The molecule has 6 aliphatic rings. The smallest absolute Gasteiger partial charge is 0.241 e. The third-order valence-corrected chi connectivity index (χ3v) is 15.8. The molecule has 0 amide bonds. The first kappa shape index (κ1) is 41.9. The second kappa shape index (κ2) is 20.2. The van der Waals surface area contributed by atoms with E-state index in [1.807, 2.05) is 36.0 Å². The van der Waals surface area contributed by atoms with Crippen LogP contribution in [0.15, 0.2) is 165 Å². The van der Waals surface area contributed by atoms with Crippen LogP contribution in [0.2, 0.25) is 0 Å². The van der Waals surface area contributed by atoms with Gasteiger partial charge in [0.05, 0.1) is 15.5 Å². The fourth-order valence-electron chi connectivity index (χ4n) is 7.34. The Balaban J connectivity index is 0.000000106. The summed E-state index contributed by atoms with van der Waals surface area (Å²) in [7, 11) is -6.06. The number of hydrogen-bond donors (Lipinski definition) is 3. The van der Waals surface area contributed by atoms with Crippen LogP contribution in [0.5, 0.6) is 0 Å². The molecule has 3 N–H and O–H groups in total. The van der Waals surface area contributed by atoms with Crippen molar-refractivity contribution < 1.29 is 16.8 Å². The second-order valence-electron chi connectivity index (χ2n) is 14.3. The average Bonchev–Trinajstić information content (AvgIpc) is 4.13. The molecule has 0 spiro atoms. The Kier molecular flexibility index (Phi) is 14.6. The van der Waals surface area contributed by atoms with Crippen LogP contribution >= 0.6 is 23.7 Å². The molecular formula is C47H49N3O4S4. The van der Waals surface area contributed by atoms with Gasteiger partial charge in [-0.15, -0.1) is 11.8 Å². The van der Waals surface area contributed by atoms with Gasteiger partial charge >= 0.3 is 0 Å². The van der Waals surface area contributed by atoms with Crippen LogP contribution in [0.25, 0.3) is 0 Å². The molecule has 58 heavy (non-hydrogen) atoms. The fraction of sp³-hybridized carbons (Fsp3) is 0.234. The van der Waals surface area contributed by atoms with Crippen molar-refractivity contribution in [2.24, 2.45) is 0 Å². The van der Waals surface area contributed by atoms with Gasteiger partial charge in [0.2, 0.25) is 10.0 Å². The maximum atomic E-state index is 11.3. The zero-order chi connectivity index (χ0) is 40.2. The highest BCUT2D eigenvalue weighted by atomic mass is 32.2. The number of benzene rings is 6. The summed E-state index contributed by atoms with van der Waals surface area (Å²) in [6.45, 7) is 3.55. The standard InChI is InChI=1S/C9H10.C8H9N.C8H8O2S.C8H8S.C7H7NO2S.C7H7NS/c1-2-5-9-7-3-6-8(9)4-1;1-2-4-8-6-9-5-7(8)3-1;9-11(10)6-5-7-3-1-2-4-8(7)11;1-2-4-8-7(3-1)5-6-9-8;9-11(10)7-4-2-1-3-6(7)5-8-11;1-2-4-7-6(3-1)5-8-9-7/h1-2,4-5H,3,6-7H2;1-4,9H,5-6H2;1-4H,5-6H2;1-4H,5-6H2;1-4,8H,5H2;1-4,8H,5H2. The third-order valence-electron chi connectivity index (χ3n) is 10.4. The molecule has 0 unspecified atom stereocenters. The summed E-state index contributed by atoms with van der Waals surface area (Å²) >= 11 is 3.69. The van der Waals surface area contributed by atoms with Gasteiger partial charge in [-0.1, -0.05) is 121 Å². The van der Waals surface area contributed by atoms with E-state index in [1.165, 1.54) is 63.5 Å². The van der Waals surface area contributed by atoms with Gasteiger partial charge in [0.25, 0.3) is 0 Å². The highest BCUT2D eigenvalue weighted by Crippen LogP contribution is 2.30. The minimum absolute atomic E-state index is 0.284. The molecule has 1 aliphatic carbocycles. The van der Waals surface area contributed by atoms with Crippen molar-refractivity contribution in [3.05, 3.63) is 190 Å². The third kappa shape index (κ3) is 11.1. The molecule has 0 atom stereocenters. The number of nitrogens with one attached hydrogen (secondary N) is 3. The molecule has 12 rings (SSSR count). The molecule has 300 valence electrons. The highest BCUT2D eigenvalue weighted by molar-refractivity contribution is 7.99. The van der Waals surface area contributed by atoms with Crippen molar-refractivity contribution in [1.82, 2.24) is 14.8 Å². The lowest BCUT2D eigenvalue weighted by molar-refractivity contribution is 0.589. The lowest BCUT2D eigenvalue weighted by atomic mass is 10.1. The van der Waals surface area contributed by atoms with Gasteiger partial charge in [0, 0.05) is 41.7 Å². The Bertz CT molecular complexity index is 2180. The molecule has 6 aromatic rings. The van der Waals surface area contributed by atoms with Crippen molar-refractivity contribution >= 4 is 43.6 Å². The zero-order valence-electron chi connectivity index (χ0n) is 32.4. The summed E-state index contributed by atoms with van der Waals surface area (Å²) in [5.41, 5.74) is 10.8. The summed E-state index contributed by atoms with van der Waals surface area (Å²) in [5.74, 6) is 1.56. The van der Waals surface area contributed by atoms with Gasteiger partial charge in [-0.3, -0.25) is 4.72 Å². The second-order valence-corrected chi connectivity index (χ2v) is 20.2. The number of sulfonamides is 1. The molecule has 0 bridgehead atoms. The Morgan fingerprint density at radius 2 is 0.948 bits per heavy atom. The van der Waals surface area contributed by atoms with E-state index in [1.54, 1.807) is 47.3 Å². The van der Waals surface area contributed by atoms with Crippen molar-refractivity contribution in [3.63, 3.8) is 0 Å². The van der Waals surface area contributed by atoms with Crippen LogP contribution in [0.3, 0.4) is 0 Å². The normalized spacial score (nSPS) is 17.1. The van der Waals surface area contributed by atoms with Crippen LogP contribution in [0, 0.1) is 0 Å². The van der Waals surface area contributed by atoms with Gasteiger partial charge in [-0.25, -0.2) is 21.6 Å². The summed E-state index contributed by atoms with van der Waals surface area (Å²) in [5, 5.41) is 3.29. The quantitative estimate of drug-likeness (QED) is 0.130. The van der Waals surface area contributed by atoms with Crippen LogP contribution < -0.4 is 14.8 Å². The molecule has 7 nitrogen and oxygen atoms in total. The highest BCUT2D eigenvalue weighted by Gasteiger charge is 2.25. The predicted octanol–water partition coefficient (Wildman–Crippen LogP) is 9.09. The van der Waals surface area contributed by atoms with Crippen LogP contribution in [0.4, 0.5) is 0 Å². The van der Waals surface area contributed by atoms with Crippen molar-refractivity contribution in [2.75, 3.05) is 11.5 Å². The molecular weight excluding hydrogens is 799 g/mol. The van der Waals surface area contributed by atoms with Gasteiger partial charge < -0.3 is 5.32 Å². The van der Waals surface area contributed by atoms with E-state index in [2.05, 4.69) is 112 Å². The summed E-state index contributed by atoms with van der Waals surface area (Å²) < 4.78 is 50.4. The largest absolute Gasteiger partial charge is 0.309 e. The monoisotopic (exact) mass is 847 g/mol. The minimum atomic E-state index is -3.16. The number of rotatable bonds is 0. The van der Waals surface area contributed by atoms with Gasteiger partial charge in [0.15, 0.2) is 9.84 Å². The molecule has 0 aromatic heterocycles. The number of thioether (sulfide) groups is 1. The maximum Gasteiger partial charge on any atom is 0.241 e. The summed E-state index contributed by atoms with van der Waals surface area (Å²) in [6.07, 6.45) is 5.91. The lowest BCUT2D eigenvalue weighted by Crippen LogP contribution is -2.13. The molecule has 0 radical (unpaired) electrons. The van der Waals surface area contributed by atoms with Gasteiger partial charge in [-0.05, 0) is 113 Å². The van der Waals surface area contributed by atoms with E-state index < -0.39 is 19.9 Å². The average molecular weight is 848 g/mol. The van der Waals surface area contributed by atoms with Crippen molar-refractivity contribution in [3.8, 4) is 0 Å². The van der Waals surface area contributed by atoms with E-state index in [-0.39, 0.29) is 5.75 Å². The Hall–Kier alpha value is -4.20. The number of sulfone groups is 1. The van der Waals surface area contributed by atoms with E-state index in [9.17, 15) is 16.8 Å². The number of aryl methyl sites for hydroxylation is 4. The van der Waals surface area contributed by atoms with E-state index in [4.69, 9.17) is 0 Å². The zero-order valence-corrected chi connectivity index (χ0v) is 35.7. The first-order chi connectivity index (χ1) is 28.3. The van der Waals surface area contributed by atoms with Gasteiger partial charge in [0.1, 0.15) is 0 Å². The number of fused-ring (bicyclic) bond motifs is 6. The fourth-order valence-corrected chi connectivity index (χ4v) is 12.0. The van der Waals surface area contributed by atoms with E-state index >= 15 is 0 Å². The molecule has 6 aromatic carbocycles. The van der Waals surface area contributed by atoms with E-state index in [0.29, 0.717) is 22.8 Å².